The van der Waals surface area contributed by atoms with E-state index in [1.807, 2.05) is 35.2 Å². The van der Waals surface area contributed by atoms with E-state index in [2.05, 4.69) is 21.8 Å². The number of H-pyrrole nitrogens is 1. The lowest BCUT2D eigenvalue weighted by atomic mass is 10.1. The summed E-state index contributed by atoms with van der Waals surface area (Å²) >= 11 is 0. The molecular weight excluding hydrogens is 292 g/mol. The molecule has 1 aliphatic rings. The standard InChI is InChI=1S/C17H22N4O2/c1-2-20-8-10-21(11-9-20)15(17(22)23)14-12-18-16(19-14)13-6-4-3-5-7-13/h3-7,12,15H,2,8-11H2,1H3,(H,18,19)(H,22,23). The molecule has 122 valence electrons. The number of nitrogens with zero attached hydrogens (tertiary/aromatic N) is 3. The van der Waals surface area contributed by atoms with Gasteiger partial charge in [-0.2, -0.15) is 0 Å². The van der Waals surface area contributed by atoms with Crippen molar-refractivity contribution < 1.29 is 9.90 Å². The molecule has 0 aliphatic carbocycles. The molecule has 3 rings (SSSR count). The van der Waals surface area contributed by atoms with Crippen LogP contribution in [0, 0.1) is 0 Å². The highest BCUT2D eigenvalue weighted by Gasteiger charge is 2.31. The van der Waals surface area contributed by atoms with Gasteiger partial charge in [0.2, 0.25) is 0 Å². The number of hydrogen-bond acceptors (Lipinski definition) is 4. The van der Waals surface area contributed by atoms with Crippen LogP contribution in [0.3, 0.4) is 0 Å². The zero-order chi connectivity index (χ0) is 16.2. The van der Waals surface area contributed by atoms with Crippen LogP contribution in [0.2, 0.25) is 0 Å². The first-order chi connectivity index (χ1) is 11.2. The summed E-state index contributed by atoms with van der Waals surface area (Å²) in [6, 6.07) is 9.07. The maximum absolute atomic E-state index is 11.8. The number of nitrogens with one attached hydrogen (secondary N) is 1. The van der Waals surface area contributed by atoms with Crippen molar-refractivity contribution >= 4 is 5.97 Å². The number of carboxylic acids is 1. The van der Waals surface area contributed by atoms with Crippen LogP contribution >= 0.6 is 0 Å². The zero-order valence-electron chi connectivity index (χ0n) is 13.3. The highest BCUT2D eigenvalue weighted by Crippen LogP contribution is 2.24. The number of carboxylic acid groups (broad SMARTS) is 1. The van der Waals surface area contributed by atoms with Crippen LogP contribution < -0.4 is 0 Å². The number of aromatic amines is 1. The van der Waals surface area contributed by atoms with E-state index < -0.39 is 12.0 Å². The summed E-state index contributed by atoms with van der Waals surface area (Å²) in [7, 11) is 0. The second-order valence-corrected chi connectivity index (χ2v) is 5.76. The molecule has 2 heterocycles. The Hall–Kier alpha value is -2.18. The van der Waals surface area contributed by atoms with Crippen molar-refractivity contribution in [2.24, 2.45) is 0 Å². The summed E-state index contributed by atoms with van der Waals surface area (Å²) in [6.45, 7) is 6.45. The normalized spacial score (nSPS) is 18.0. The third-order valence-corrected chi connectivity index (χ3v) is 4.39. The molecule has 1 fully saturated rings. The molecule has 1 saturated heterocycles. The molecule has 2 N–H and O–H groups in total. The van der Waals surface area contributed by atoms with E-state index in [0.29, 0.717) is 11.5 Å². The number of hydrogen-bond donors (Lipinski definition) is 2. The highest BCUT2D eigenvalue weighted by molar-refractivity contribution is 5.75. The van der Waals surface area contributed by atoms with Crippen molar-refractivity contribution in [3.05, 3.63) is 42.2 Å². The van der Waals surface area contributed by atoms with Crippen LogP contribution in [-0.4, -0.2) is 63.6 Å². The van der Waals surface area contributed by atoms with Crippen molar-refractivity contribution in [1.82, 2.24) is 19.8 Å². The van der Waals surface area contributed by atoms with Crippen LogP contribution in [0.4, 0.5) is 0 Å². The van der Waals surface area contributed by atoms with Gasteiger partial charge in [0, 0.05) is 31.7 Å². The zero-order valence-corrected chi connectivity index (χ0v) is 13.3. The molecule has 0 bridgehead atoms. The molecule has 0 radical (unpaired) electrons. The molecule has 0 spiro atoms. The Morgan fingerprint density at radius 3 is 2.57 bits per heavy atom. The first-order valence-corrected chi connectivity index (χ1v) is 7.98. The molecule has 1 atom stereocenters. The molecule has 1 aliphatic heterocycles. The molecule has 23 heavy (non-hydrogen) atoms. The van der Waals surface area contributed by atoms with E-state index >= 15 is 0 Å². The Bertz CT molecular complexity index is 648. The Morgan fingerprint density at radius 2 is 1.96 bits per heavy atom. The minimum absolute atomic E-state index is 0.640. The van der Waals surface area contributed by atoms with E-state index in [-0.39, 0.29) is 0 Å². The first kappa shape index (κ1) is 15.7. The predicted molar refractivity (Wildman–Crippen MR) is 88.1 cm³/mol. The van der Waals surface area contributed by atoms with Gasteiger partial charge in [0.15, 0.2) is 6.04 Å². The van der Waals surface area contributed by atoms with Gasteiger partial charge >= 0.3 is 5.97 Å². The first-order valence-electron chi connectivity index (χ1n) is 7.98. The molecule has 0 saturated carbocycles. The fourth-order valence-electron chi connectivity index (χ4n) is 3.04. The van der Waals surface area contributed by atoms with E-state index in [0.717, 1.165) is 38.3 Å². The SMILES string of the molecule is CCN1CCN(C(C(=O)O)c2cnc(-c3ccccc3)[nH]2)CC1. The Morgan fingerprint density at radius 1 is 1.26 bits per heavy atom. The second kappa shape index (κ2) is 6.93. The predicted octanol–water partition coefficient (Wildman–Crippen LogP) is 1.84. The number of aromatic nitrogens is 2. The summed E-state index contributed by atoms with van der Waals surface area (Å²) in [4.78, 5) is 23.7. The lowest BCUT2D eigenvalue weighted by Crippen LogP contribution is -2.49. The number of carbonyl (C=O) groups is 1. The Balaban J connectivity index is 1.80. The van der Waals surface area contributed by atoms with Gasteiger partial charge in [-0.05, 0) is 6.54 Å². The van der Waals surface area contributed by atoms with Crippen molar-refractivity contribution in [1.29, 1.82) is 0 Å². The Labute approximate surface area is 135 Å². The van der Waals surface area contributed by atoms with E-state index in [9.17, 15) is 9.90 Å². The number of likely N-dealkylation sites (N-methyl/N-ethyl adjacent to an activating group) is 1. The monoisotopic (exact) mass is 314 g/mol. The number of benzene rings is 1. The number of rotatable bonds is 5. The van der Waals surface area contributed by atoms with Crippen LogP contribution in [0.25, 0.3) is 11.4 Å². The van der Waals surface area contributed by atoms with Crippen molar-refractivity contribution in [3.8, 4) is 11.4 Å². The fourth-order valence-corrected chi connectivity index (χ4v) is 3.04. The lowest BCUT2D eigenvalue weighted by molar-refractivity contribution is -0.144. The van der Waals surface area contributed by atoms with Crippen molar-refractivity contribution in [2.75, 3.05) is 32.7 Å². The van der Waals surface area contributed by atoms with Crippen LogP contribution in [-0.2, 0) is 4.79 Å². The average molecular weight is 314 g/mol. The maximum atomic E-state index is 11.8. The number of piperazine rings is 1. The summed E-state index contributed by atoms with van der Waals surface area (Å²) < 4.78 is 0. The summed E-state index contributed by atoms with van der Waals surface area (Å²) in [5, 5.41) is 9.68. The molecular formula is C17H22N4O2. The quantitative estimate of drug-likeness (QED) is 0.881. The molecule has 6 nitrogen and oxygen atoms in total. The largest absolute Gasteiger partial charge is 0.480 e. The number of imidazole rings is 1. The summed E-state index contributed by atoms with van der Waals surface area (Å²) in [6.07, 6.45) is 1.65. The van der Waals surface area contributed by atoms with Gasteiger partial charge in [-0.25, -0.2) is 4.98 Å². The second-order valence-electron chi connectivity index (χ2n) is 5.76. The summed E-state index contributed by atoms with van der Waals surface area (Å²) in [5.74, 6) is -0.128. The van der Waals surface area contributed by atoms with Crippen LogP contribution in [0.5, 0.6) is 0 Å². The van der Waals surface area contributed by atoms with Crippen LogP contribution in [0.1, 0.15) is 18.7 Å². The third-order valence-electron chi connectivity index (χ3n) is 4.39. The third kappa shape index (κ3) is 3.43. The minimum Gasteiger partial charge on any atom is -0.480 e. The van der Waals surface area contributed by atoms with Gasteiger partial charge in [-0.1, -0.05) is 37.3 Å². The van der Waals surface area contributed by atoms with Gasteiger partial charge in [0.05, 0.1) is 11.9 Å². The molecule has 6 heteroatoms. The van der Waals surface area contributed by atoms with Gasteiger partial charge in [-0.3, -0.25) is 9.69 Å². The van der Waals surface area contributed by atoms with Gasteiger partial charge in [0.1, 0.15) is 5.82 Å². The average Bonchev–Trinajstić information content (AvgIpc) is 3.06. The van der Waals surface area contributed by atoms with E-state index in [4.69, 9.17) is 0 Å². The van der Waals surface area contributed by atoms with Crippen molar-refractivity contribution in [2.45, 2.75) is 13.0 Å². The Kier molecular flexibility index (Phi) is 4.73. The molecule has 1 aromatic heterocycles. The maximum Gasteiger partial charge on any atom is 0.327 e. The van der Waals surface area contributed by atoms with E-state index in [1.54, 1.807) is 6.20 Å². The smallest absolute Gasteiger partial charge is 0.327 e. The number of aliphatic carboxylic acids is 1. The van der Waals surface area contributed by atoms with Gasteiger partial charge in [0.25, 0.3) is 0 Å². The fraction of sp³-hybridized carbons (Fsp3) is 0.412. The molecule has 1 aromatic carbocycles. The van der Waals surface area contributed by atoms with E-state index in [1.165, 1.54) is 0 Å². The van der Waals surface area contributed by atoms with Crippen molar-refractivity contribution in [3.63, 3.8) is 0 Å². The molecule has 0 amide bonds. The topological polar surface area (TPSA) is 72.5 Å². The van der Waals surface area contributed by atoms with Crippen LogP contribution in [0.15, 0.2) is 36.5 Å². The highest BCUT2D eigenvalue weighted by atomic mass is 16.4. The lowest BCUT2D eigenvalue weighted by Gasteiger charge is -2.36. The van der Waals surface area contributed by atoms with Gasteiger partial charge < -0.3 is 15.0 Å². The molecule has 1 unspecified atom stereocenters. The van der Waals surface area contributed by atoms with Gasteiger partial charge in [-0.15, -0.1) is 0 Å². The summed E-state index contributed by atoms with van der Waals surface area (Å²) in [5.41, 5.74) is 1.60. The molecule has 2 aromatic rings. The minimum atomic E-state index is -0.835.